The van der Waals surface area contributed by atoms with Crippen LogP contribution in [0, 0.1) is 0 Å². The van der Waals surface area contributed by atoms with Crippen molar-refractivity contribution in [3.05, 3.63) is 23.5 Å². The van der Waals surface area contributed by atoms with Crippen molar-refractivity contribution < 1.29 is 0 Å². The molecule has 0 aliphatic rings. The molecule has 0 aliphatic heterocycles. The Bertz CT molecular complexity index is 139. The Kier molecular flexibility index (Phi) is 4.73. The van der Waals surface area contributed by atoms with Gasteiger partial charge in [-0.3, -0.25) is 0 Å². The number of nitrogens with one attached hydrogen (secondary N) is 1. The van der Waals surface area contributed by atoms with E-state index in [0.717, 1.165) is 6.42 Å². The van der Waals surface area contributed by atoms with Gasteiger partial charge in [-0.05, 0) is 39.6 Å². The zero-order valence-corrected chi connectivity index (χ0v) is 7.36. The summed E-state index contributed by atoms with van der Waals surface area (Å²) in [6.45, 7) is 8.41. The van der Waals surface area contributed by atoms with Crippen LogP contribution in [0.4, 0.5) is 0 Å². The van der Waals surface area contributed by atoms with E-state index in [4.69, 9.17) is 0 Å². The third-order valence-electron chi connectivity index (χ3n) is 1.26. The summed E-state index contributed by atoms with van der Waals surface area (Å²) in [4.78, 5) is 0. The highest BCUT2D eigenvalue weighted by Gasteiger charge is 1.79. The Hall–Kier alpha value is -0.720. The minimum absolute atomic E-state index is 1.11. The van der Waals surface area contributed by atoms with Crippen LogP contribution in [0.25, 0.3) is 0 Å². The maximum Gasteiger partial charge on any atom is -0.000652 e. The highest BCUT2D eigenvalue weighted by atomic mass is 14.8. The smallest absolute Gasteiger partial charge is 0.000652 e. The normalized spacial score (nSPS) is 11.0. The molecule has 1 heteroatoms. The van der Waals surface area contributed by atoms with Gasteiger partial charge < -0.3 is 5.32 Å². The largest absolute Gasteiger partial charge is 0.368 e. The van der Waals surface area contributed by atoms with Gasteiger partial charge in [-0.25, -0.2) is 0 Å². The second-order valence-electron chi connectivity index (χ2n) is 2.73. The van der Waals surface area contributed by atoms with E-state index in [1.54, 1.807) is 0 Å². The molecule has 0 heterocycles. The number of hydrogen-bond donors (Lipinski definition) is 1. The minimum atomic E-state index is 1.11. The van der Waals surface area contributed by atoms with E-state index in [-0.39, 0.29) is 0 Å². The maximum atomic E-state index is 3.11. The summed E-state index contributed by atoms with van der Waals surface area (Å²) in [6.07, 6.45) is 5.15. The Labute approximate surface area is 63.8 Å². The Morgan fingerprint density at radius 3 is 2.20 bits per heavy atom. The third-order valence-corrected chi connectivity index (χ3v) is 1.26. The second-order valence-corrected chi connectivity index (χ2v) is 2.73. The lowest BCUT2D eigenvalue weighted by Gasteiger charge is -1.95. The molecule has 1 N–H and O–H groups in total. The zero-order valence-electron chi connectivity index (χ0n) is 7.36. The molecule has 1 nitrogen and oxygen atoms in total. The molecule has 0 saturated heterocycles. The molecule has 10 heavy (non-hydrogen) atoms. The van der Waals surface area contributed by atoms with Crippen LogP contribution in [0.3, 0.4) is 0 Å². The predicted octanol–water partition coefficient (Wildman–Crippen LogP) is 2.81. The summed E-state index contributed by atoms with van der Waals surface area (Å²) in [7, 11) is 0. The van der Waals surface area contributed by atoms with Gasteiger partial charge >= 0.3 is 0 Å². The fourth-order valence-corrected chi connectivity index (χ4v) is 0.453. The van der Waals surface area contributed by atoms with Gasteiger partial charge in [0.25, 0.3) is 0 Å². The minimum Gasteiger partial charge on any atom is -0.368 e. The van der Waals surface area contributed by atoms with Crippen molar-refractivity contribution in [3.63, 3.8) is 0 Å². The Morgan fingerprint density at radius 1 is 1.20 bits per heavy atom. The Balaban J connectivity index is 3.63. The summed E-state index contributed by atoms with van der Waals surface area (Å²) >= 11 is 0. The monoisotopic (exact) mass is 139 g/mol. The number of allylic oxidation sites excluding steroid dienone is 2. The third kappa shape index (κ3) is 5.42. The predicted molar refractivity (Wildman–Crippen MR) is 46.6 cm³/mol. The summed E-state index contributed by atoms with van der Waals surface area (Å²) < 4.78 is 0. The lowest BCUT2D eigenvalue weighted by Crippen LogP contribution is -1.94. The topological polar surface area (TPSA) is 12.0 Å². The average Bonchev–Trinajstić information content (AvgIpc) is 1.87. The SMILES string of the molecule is CC/C(C)=C/NC=C(C)C. The van der Waals surface area contributed by atoms with E-state index in [1.807, 2.05) is 12.4 Å². The molecule has 0 aromatic heterocycles. The first-order valence-corrected chi connectivity index (χ1v) is 3.72. The van der Waals surface area contributed by atoms with Crippen LogP contribution < -0.4 is 5.32 Å². The lowest BCUT2D eigenvalue weighted by molar-refractivity contribution is 1.03. The lowest BCUT2D eigenvalue weighted by atomic mass is 10.2. The zero-order chi connectivity index (χ0) is 7.98. The molecule has 0 unspecified atom stereocenters. The molecular weight excluding hydrogens is 122 g/mol. The van der Waals surface area contributed by atoms with Crippen LogP contribution in [-0.2, 0) is 0 Å². The molecular formula is C9H17N. The maximum absolute atomic E-state index is 3.11. The molecule has 0 bridgehead atoms. The highest BCUT2D eigenvalue weighted by molar-refractivity contribution is 5.00. The number of hydrogen-bond acceptors (Lipinski definition) is 1. The van der Waals surface area contributed by atoms with Crippen LogP contribution >= 0.6 is 0 Å². The van der Waals surface area contributed by atoms with Crippen LogP contribution in [-0.4, -0.2) is 0 Å². The molecule has 0 rings (SSSR count). The molecule has 0 fully saturated rings. The van der Waals surface area contributed by atoms with Gasteiger partial charge in [0.1, 0.15) is 0 Å². The number of rotatable bonds is 3. The van der Waals surface area contributed by atoms with Crippen molar-refractivity contribution in [1.29, 1.82) is 0 Å². The van der Waals surface area contributed by atoms with E-state index in [1.165, 1.54) is 11.1 Å². The van der Waals surface area contributed by atoms with Gasteiger partial charge in [0, 0.05) is 0 Å². The van der Waals surface area contributed by atoms with Gasteiger partial charge in [-0.15, -0.1) is 0 Å². The fourth-order valence-electron chi connectivity index (χ4n) is 0.453. The summed E-state index contributed by atoms with van der Waals surface area (Å²) in [6, 6.07) is 0. The quantitative estimate of drug-likeness (QED) is 0.634. The van der Waals surface area contributed by atoms with Crippen molar-refractivity contribution in [1.82, 2.24) is 5.32 Å². The standard InChI is InChI=1S/C9H17N/c1-5-9(4)7-10-6-8(2)3/h6-7,10H,5H2,1-4H3/b9-7+. The molecule has 0 saturated carbocycles. The first kappa shape index (κ1) is 9.28. The summed E-state index contributed by atoms with van der Waals surface area (Å²) in [5.74, 6) is 0. The molecule has 0 radical (unpaired) electrons. The van der Waals surface area contributed by atoms with E-state index in [9.17, 15) is 0 Å². The summed E-state index contributed by atoms with van der Waals surface area (Å²) in [5.41, 5.74) is 2.66. The molecule has 0 aliphatic carbocycles. The van der Waals surface area contributed by atoms with Gasteiger partial charge in [0.2, 0.25) is 0 Å². The second kappa shape index (κ2) is 5.10. The molecule has 0 aromatic carbocycles. The molecule has 0 amide bonds. The van der Waals surface area contributed by atoms with Crippen LogP contribution in [0.1, 0.15) is 34.1 Å². The van der Waals surface area contributed by atoms with Crippen LogP contribution in [0.5, 0.6) is 0 Å². The fraction of sp³-hybridized carbons (Fsp3) is 0.556. The van der Waals surface area contributed by atoms with E-state index >= 15 is 0 Å². The van der Waals surface area contributed by atoms with Crippen molar-refractivity contribution in [3.8, 4) is 0 Å². The van der Waals surface area contributed by atoms with E-state index in [2.05, 4.69) is 33.0 Å². The van der Waals surface area contributed by atoms with Crippen molar-refractivity contribution in [2.24, 2.45) is 0 Å². The van der Waals surface area contributed by atoms with Gasteiger partial charge in [-0.1, -0.05) is 18.1 Å². The van der Waals surface area contributed by atoms with Crippen molar-refractivity contribution in [2.45, 2.75) is 34.1 Å². The van der Waals surface area contributed by atoms with Gasteiger partial charge in [0.15, 0.2) is 0 Å². The van der Waals surface area contributed by atoms with E-state index in [0.29, 0.717) is 0 Å². The van der Waals surface area contributed by atoms with Crippen molar-refractivity contribution >= 4 is 0 Å². The molecule has 0 spiro atoms. The molecule has 58 valence electrons. The van der Waals surface area contributed by atoms with Crippen LogP contribution in [0.15, 0.2) is 23.5 Å². The van der Waals surface area contributed by atoms with E-state index < -0.39 is 0 Å². The summed E-state index contributed by atoms with van der Waals surface area (Å²) in [5, 5.41) is 3.11. The molecule has 0 aromatic rings. The van der Waals surface area contributed by atoms with Gasteiger partial charge in [0.05, 0.1) is 0 Å². The molecule has 0 atom stereocenters. The van der Waals surface area contributed by atoms with Crippen LogP contribution in [0.2, 0.25) is 0 Å². The first-order valence-electron chi connectivity index (χ1n) is 3.72. The average molecular weight is 139 g/mol. The highest BCUT2D eigenvalue weighted by Crippen LogP contribution is 1.94. The first-order chi connectivity index (χ1) is 4.66. The van der Waals surface area contributed by atoms with Crippen molar-refractivity contribution in [2.75, 3.05) is 0 Å². The van der Waals surface area contributed by atoms with Gasteiger partial charge in [-0.2, -0.15) is 0 Å². The Morgan fingerprint density at radius 2 is 1.80 bits per heavy atom.